The van der Waals surface area contributed by atoms with Gasteiger partial charge >= 0.3 is 0 Å². The van der Waals surface area contributed by atoms with Crippen molar-refractivity contribution < 1.29 is 14.3 Å². The Bertz CT molecular complexity index is 827. The van der Waals surface area contributed by atoms with Crippen molar-refractivity contribution in [1.29, 1.82) is 0 Å². The monoisotopic (exact) mass is 408 g/mol. The Hall–Kier alpha value is -2.37. The van der Waals surface area contributed by atoms with Gasteiger partial charge in [-0.2, -0.15) is 0 Å². The molecular formula is C25H32N2O3. The molecule has 2 aromatic rings. The quantitative estimate of drug-likeness (QED) is 0.666. The van der Waals surface area contributed by atoms with Crippen molar-refractivity contribution >= 4 is 5.91 Å². The first kappa shape index (κ1) is 20.9. The first-order chi connectivity index (χ1) is 14.7. The van der Waals surface area contributed by atoms with E-state index in [1.54, 1.807) is 7.11 Å². The fourth-order valence-electron chi connectivity index (χ4n) is 4.50. The van der Waals surface area contributed by atoms with E-state index in [2.05, 4.69) is 17.0 Å². The van der Waals surface area contributed by atoms with E-state index in [4.69, 9.17) is 9.47 Å². The van der Waals surface area contributed by atoms with E-state index >= 15 is 0 Å². The van der Waals surface area contributed by atoms with Gasteiger partial charge in [0.05, 0.1) is 13.2 Å². The largest absolute Gasteiger partial charge is 0.493 e. The Morgan fingerprint density at radius 3 is 2.43 bits per heavy atom. The van der Waals surface area contributed by atoms with Crippen LogP contribution in [0, 0.1) is 5.41 Å². The molecule has 2 aromatic carbocycles. The van der Waals surface area contributed by atoms with Gasteiger partial charge in [0.15, 0.2) is 0 Å². The number of hydrogen-bond donors (Lipinski definition) is 0. The molecule has 1 saturated heterocycles. The van der Waals surface area contributed by atoms with Crippen LogP contribution in [-0.2, 0) is 11.3 Å². The third-order valence-electron chi connectivity index (χ3n) is 6.41. The molecule has 0 atom stereocenters. The second-order valence-electron chi connectivity index (χ2n) is 8.66. The molecule has 1 saturated carbocycles. The van der Waals surface area contributed by atoms with Crippen molar-refractivity contribution in [3.8, 4) is 5.75 Å². The van der Waals surface area contributed by atoms with Crippen LogP contribution in [0.4, 0.5) is 0 Å². The maximum Gasteiger partial charge on any atom is 0.253 e. The minimum Gasteiger partial charge on any atom is -0.493 e. The lowest BCUT2D eigenvalue weighted by Crippen LogP contribution is -2.54. The van der Waals surface area contributed by atoms with Crippen LogP contribution in [-0.4, -0.2) is 62.1 Å². The molecule has 160 valence electrons. The molecule has 4 rings (SSSR count). The Morgan fingerprint density at radius 2 is 1.77 bits per heavy atom. The second-order valence-corrected chi connectivity index (χ2v) is 8.66. The number of nitrogens with zero attached hydrogens (tertiary/aromatic N) is 2. The highest BCUT2D eigenvalue weighted by molar-refractivity contribution is 5.94. The van der Waals surface area contributed by atoms with Gasteiger partial charge in [0, 0.05) is 50.8 Å². The van der Waals surface area contributed by atoms with E-state index in [9.17, 15) is 4.79 Å². The molecule has 0 spiro atoms. The molecule has 5 heteroatoms. The zero-order chi connectivity index (χ0) is 20.8. The maximum atomic E-state index is 12.7. The lowest BCUT2D eigenvalue weighted by molar-refractivity contribution is 0.00311. The third kappa shape index (κ3) is 5.02. The normalized spacial score (nSPS) is 18.6. The van der Waals surface area contributed by atoms with Gasteiger partial charge in [-0.25, -0.2) is 0 Å². The summed E-state index contributed by atoms with van der Waals surface area (Å²) in [5.74, 6) is 1.07. The highest BCUT2D eigenvalue weighted by Crippen LogP contribution is 2.42. The maximum absolute atomic E-state index is 12.7. The summed E-state index contributed by atoms with van der Waals surface area (Å²) in [5, 5.41) is 0. The van der Waals surface area contributed by atoms with Crippen molar-refractivity contribution in [1.82, 2.24) is 9.80 Å². The summed E-state index contributed by atoms with van der Waals surface area (Å²) < 4.78 is 11.4. The molecular weight excluding hydrogens is 376 g/mol. The van der Waals surface area contributed by atoms with Crippen molar-refractivity contribution in [2.24, 2.45) is 5.41 Å². The number of carbonyl (C=O) groups is 1. The summed E-state index contributed by atoms with van der Waals surface area (Å²) in [6, 6.07) is 17.8. The Labute approximate surface area is 179 Å². The predicted octanol–water partition coefficient (Wildman–Crippen LogP) is 3.84. The fourth-order valence-corrected chi connectivity index (χ4v) is 4.50. The zero-order valence-corrected chi connectivity index (χ0v) is 17.9. The van der Waals surface area contributed by atoms with Crippen LogP contribution in [0.5, 0.6) is 5.75 Å². The molecule has 0 N–H and O–H groups in total. The molecule has 0 aromatic heterocycles. The number of rotatable bonds is 8. The van der Waals surface area contributed by atoms with Gasteiger partial charge in [0.1, 0.15) is 5.75 Å². The van der Waals surface area contributed by atoms with E-state index in [0.29, 0.717) is 6.61 Å². The number of piperazine rings is 1. The van der Waals surface area contributed by atoms with Crippen LogP contribution in [0.3, 0.4) is 0 Å². The van der Waals surface area contributed by atoms with Crippen LogP contribution in [0.25, 0.3) is 0 Å². The van der Waals surface area contributed by atoms with Gasteiger partial charge in [-0.3, -0.25) is 9.69 Å². The summed E-state index contributed by atoms with van der Waals surface area (Å²) in [6.07, 6.45) is 3.71. The van der Waals surface area contributed by atoms with Gasteiger partial charge in [-0.15, -0.1) is 0 Å². The highest BCUT2D eigenvalue weighted by Gasteiger charge is 2.40. The minimum atomic E-state index is 0.146. The Kier molecular flexibility index (Phi) is 6.70. The van der Waals surface area contributed by atoms with Gasteiger partial charge in [0.25, 0.3) is 5.91 Å². The van der Waals surface area contributed by atoms with Crippen molar-refractivity contribution in [3.05, 3.63) is 65.7 Å². The molecule has 1 aliphatic heterocycles. The van der Waals surface area contributed by atoms with E-state index in [1.165, 1.54) is 19.3 Å². The number of carbonyl (C=O) groups excluding carboxylic acids is 1. The molecule has 1 amide bonds. The molecule has 0 radical (unpaired) electrons. The molecule has 0 bridgehead atoms. The van der Waals surface area contributed by atoms with Crippen LogP contribution in [0.1, 0.15) is 35.2 Å². The molecule has 5 nitrogen and oxygen atoms in total. The SMILES string of the molecule is COCc1cccc(OCC2(CN3CCN(C(=O)c4ccccc4)CC3)CCC2)c1. The topological polar surface area (TPSA) is 42.0 Å². The average Bonchev–Trinajstić information content (AvgIpc) is 2.76. The molecule has 30 heavy (non-hydrogen) atoms. The third-order valence-corrected chi connectivity index (χ3v) is 6.41. The number of methoxy groups -OCH3 is 1. The van der Waals surface area contributed by atoms with Gasteiger partial charge in [-0.05, 0) is 42.7 Å². The smallest absolute Gasteiger partial charge is 0.253 e. The molecule has 0 unspecified atom stereocenters. The number of hydrogen-bond acceptors (Lipinski definition) is 4. The first-order valence-corrected chi connectivity index (χ1v) is 10.9. The van der Waals surface area contributed by atoms with Crippen LogP contribution in [0.15, 0.2) is 54.6 Å². The summed E-state index contributed by atoms with van der Waals surface area (Å²) in [6.45, 7) is 5.87. The summed E-state index contributed by atoms with van der Waals surface area (Å²) in [5.41, 5.74) is 2.16. The molecule has 2 aliphatic rings. The van der Waals surface area contributed by atoms with E-state index in [0.717, 1.165) is 56.2 Å². The Morgan fingerprint density at radius 1 is 1.00 bits per heavy atom. The second kappa shape index (κ2) is 9.63. The number of amides is 1. The van der Waals surface area contributed by atoms with E-state index < -0.39 is 0 Å². The minimum absolute atomic E-state index is 0.146. The molecule has 1 heterocycles. The summed E-state index contributed by atoms with van der Waals surface area (Å²) in [7, 11) is 1.71. The molecule has 1 aliphatic carbocycles. The predicted molar refractivity (Wildman–Crippen MR) is 118 cm³/mol. The average molecular weight is 409 g/mol. The fraction of sp³-hybridized carbons (Fsp3) is 0.480. The summed E-state index contributed by atoms with van der Waals surface area (Å²) >= 11 is 0. The zero-order valence-electron chi connectivity index (χ0n) is 17.9. The van der Waals surface area contributed by atoms with Gasteiger partial charge < -0.3 is 14.4 Å². The summed E-state index contributed by atoms with van der Waals surface area (Å²) in [4.78, 5) is 17.2. The molecule has 2 fully saturated rings. The Balaban J connectivity index is 1.28. The van der Waals surface area contributed by atoms with Crippen molar-refractivity contribution in [3.63, 3.8) is 0 Å². The van der Waals surface area contributed by atoms with Crippen molar-refractivity contribution in [2.45, 2.75) is 25.9 Å². The van der Waals surface area contributed by atoms with Crippen molar-refractivity contribution in [2.75, 3.05) is 46.4 Å². The highest BCUT2D eigenvalue weighted by atomic mass is 16.5. The lowest BCUT2D eigenvalue weighted by atomic mass is 9.69. The van der Waals surface area contributed by atoms with Crippen LogP contribution < -0.4 is 4.74 Å². The van der Waals surface area contributed by atoms with Gasteiger partial charge in [0.2, 0.25) is 0 Å². The van der Waals surface area contributed by atoms with E-state index in [1.807, 2.05) is 47.4 Å². The first-order valence-electron chi connectivity index (χ1n) is 10.9. The number of ether oxygens (including phenoxy) is 2. The lowest BCUT2D eigenvalue weighted by Gasteiger charge is -2.46. The number of benzene rings is 2. The van der Waals surface area contributed by atoms with Crippen LogP contribution in [0.2, 0.25) is 0 Å². The van der Waals surface area contributed by atoms with Crippen LogP contribution >= 0.6 is 0 Å². The van der Waals surface area contributed by atoms with Gasteiger partial charge in [-0.1, -0.05) is 36.8 Å². The standard InChI is InChI=1S/C25H32N2O3/c1-29-18-21-7-5-10-23(17-21)30-20-25(11-6-12-25)19-26-13-15-27(16-14-26)24(28)22-8-3-2-4-9-22/h2-5,7-10,17H,6,11-16,18-20H2,1H3. The van der Waals surface area contributed by atoms with E-state index in [-0.39, 0.29) is 11.3 Å².